The molecule has 132 valence electrons. The molecule has 2 N–H and O–H groups in total. The number of hydrogen-bond acceptors (Lipinski definition) is 6. The van der Waals surface area contributed by atoms with Gasteiger partial charge in [-0.3, -0.25) is 0 Å². The van der Waals surface area contributed by atoms with E-state index >= 15 is 0 Å². The fraction of sp³-hybridized carbons (Fsp3) is 0.533. The van der Waals surface area contributed by atoms with Crippen molar-refractivity contribution in [2.75, 3.05) is 19.7 Å². The van der Waals surface area contributed by atoms with E-state index in [2.05, 4.69) is 10.1 Å². The fourth-order valence-corrected chi connectivity index (χ4v) is 2.41. The van der Waals surface area contributed by atoms with Gasteiger partial charge < -0.3 is 20.2 Å². The molecule has 0 aromatic carbocycles. The van der Waals surface area contributed by atoms with Gasteiger partial charge in [-0.15, -0.1) is 0 Å². The molecule has 1 saturated heterocycles. The van der Waals surface area contributed by atoms with Crippen LogP contribution in [0.2, 0.25) is 5.15 Å². The minimum atomic E-state index is -0.735. The maximum absolute atomic E-state index is 14.2. The minimum Gasteiger partial charge on any atom is -0.444 e. The van der Waals surface area contributed by atoms with E-state index in [1.807, 2.05) is 0 Å². The van der Waals surface area contributed by atoms with Gasteiger partial charge in [0.15, 0.2) is 11.0 Å². The number of hydrogen-bond donors (Lipinski definition) is 1. The lowest BCUT2D eigenvalue weighted by molar-refractivity contribution is -0.0208. The quantitative estimate of drug-likeness (QED) is 0.379. The number of nitrogens with zero attached hydrogens (tertiary/aromatic N) is 3. The van der Waals surface area contributed by atoms with E-state index < -0.39 is 23.6 Å². The summed E-state index contributed by atoms with van der Waals surface area (Å²) >= 11 is 5.70. The zero-order valence-corrected chi connectivity index (χ0v) is 14.5. The average molecular weight is 359 g/mol. The molecular weight excluding hydrogens is 339 g/mol. The molecular formula is C15H20ClFN4O3. The Morgan fingerprint density at radius 1 is 1.58 bits per heavy atom. The van der Waals surface area contributed by atoms with Crippen molar-refractivity contribution in [2.45, 2.75) is 32.5 Å². The number of carbonyl (C=O) groups excluding carboxylic acids is 1. The van der Waals surface area contributed by atoms with Gasteiger partial charge in [-0.1, -0.05) is 11.6 Å². The van der Waals surface area contributed by atoms with Crippen LogP contribution >= 0.6 is 11.6 Å². The molecule has 1 aromatic rings. The van der Waals surface area contributed by atoms with Crippen molar-refractivity contribution in [3.05, 3.63) is 28.8 Å². The second-order valence-corrected chi connectivity index (χ2v) is 6.62. The number of ether oxygens (including phenoxy) is 2. The highest BCUT2D eigenvalue weighted by Crippen LogP contribution is 2.20. The third-order valence-corrected chi connectivity index (χ3v) is 3.55. The van der Waals surface area contributed by atoms with Gasteiger partial charge in [0.1, 0.15) is 17.4 Å². The summed E-state index contributed by atoms with van der Waals surface area (Å²) in [4.78, 5) is 17.3. The Kier molecular flexibility index (Phi) is 5.61. The molecule has 7 nitrogen and oxygen atoms in total. The lowest BCUT2D eigenvalue weighted by Crippen LogP contribution is -2.50. The average Bonchev–Trinajstić information content (AvgIpc) is 2.51. The molecule has 2 heterocycles. The van der Waals surface area contributed by atoms with E-state index in [0.29, 0.717) is 6.54 Å². The Balaban J connectivity index is 2.18. The predicted octanol–water partition coefficient (Wildman–Crippen LogP) is 2.17. The number of morpholine rings is 1. The number of halogens is 2. The molecule has 0 spiro atoms. The first-order valence-corrected chi connectivity index (χ1v) is 7.78. The van der Waals surface area contributed by atoms with E-state index in [4.69, 9.17) is 26.9 Å². The first kappa shape index (κ1) is 18.4. The lowest BCUT2D eigenvalue weighted by atomic mass is 10.0. The maximum atomic E-state index is 14.2. The maximum Gasteiger partial charge on any atom is 0.410 e. The largest absolute Gasteiger partial charge is 0.444 e. The second kappa shape index (κ2) is 7.31. The topological polar surface area (TPSA) is 90.0 Å². The standard InChI is InChI=1S/C15H20ClFN4O3/c1-15(2,3)24-14(22)21-6-7-23-10(8-21)12(20-18)9-4-5-19-13(16)11(9)17/h4-5,10H,6-8,18H2,1-3H3/t10-/m0/s1. The van der Waals surface area contributed by atoms with E-state index in [9.17, 15) is 9.18 Å². The van der Waals surface area contributed by atoms with Crippen LogP contribution in [0.3, 0.4) is 0 Å². The van der Waals surface area contributed by atoms with Gasteiger partial charge in [0.2, 0.25) is 0 Å². The first-order valence-electron chi connectivity index (χ1n) is 7.40. The number of rotatable bonds is 2. The van der Waals surface area contributed by atoms with Crippen LogP contribution in [-0.4, -0.2) is 53.1 Å². The number of aromatic nitrogens is 1. The molecule has 0 bridgehead atoms. The molecule has 0 unspecified atom stereocenters. The summed E-state index contributed by atoms with van der Waals surface area (Å²) < 4.78 is 25.1. The van der Waals surface area contributed by atoms with Crippen molar-refractivity contribution >= 4 is 23.4 Å². The van der Waals surface area contributed by atoms with Gasteiger partial charge >= 0.3 is 6.09 Å². The molecule has 1 aliphatic rings. The van der Waals surface area contributed by atoms with Crippen LogP contribution in [0, 0.1) is 5.82 Å². The lowest BCUT2D eigenvalue weighted by Gasteiger charge is -2.34. The van der Waals surface area contributed by atoms with Crippen LogP contribution < -0.4 is 5.84 Å². The van der Waals surface area contributed by atoms with Crippen molar-refractivity contribution in [3.8, 4) is 0 Å². The molecule has 0 radical (unpaired) electrons. The number of hydrazone groups is 1. The van der Waals surface area contributed by atoms with Gasteiger partial charge in [-0.2, -0.15) is 5.10 Å². The molecule has 2 rings (SSSR count). The van der Waals surface area contributed by atoms with Crippen LogP contribution in [0.5, 0.6) is 0 Å². The molecule has 1 fully saturated rings. The molecule has 1 atom stereocenters. The Hall–Kier alpha value is -1.93. The highest BCUT2D eigenvalue weighted by molar-refractivity contribution is 6.30. The van der Waals surface area contributed by atoms with Crippen molar-refractivity contribution in [1.82, 2.24) is 9.88 Å². The molecule has 9 heteroatoms. The van der Waals surface area contributed by atoms with Crippen molar-refractivity contribution in [1.29, 1.82) is 0 Å². The predicted molar refractivity (Wildman–Crippen MR) is 87.5 cm³/mol. The zero-order valence-electron chi connectivity index (χ0n) is 13.8. The first-order chi connectivity index (χ1) is 11.2. The number of pyridine rings is 1. The normalized spacial score (nSPS) is 19.3. The SMILES string of the molecule is CC(C)(C)OC(=O)N1CCO[C@H](C(=NN)c2ccnc(Cl)c2F)C1. The molecule has 1 amide bonds. The summed E-state index contributed by atoms with van der Waals surface area (Å²) in [5.74, 6) is 4.69. The molecule has 0 aliphatic carbocycles. The Labute approximate surface area is 144 Å². The molecule has 0 saturated carbocycles. The molecule has 1 aromatic heterocycles. The smallest absolute Gasteiger partial charge is 0.410 e. The van der Waals surface area contributed by atoms with Crippen LogP contribution in [-0.2, 0) is 9.47 Å². The van der Waals surface area contributed by atoms with Crippen LogP contribution in [0.4, 0.5) is 9.18 Å². The van der Waals surface area contributed by atoms with E-state index in [1.54, 1.807) is 20.8 Å². The Morgan fingerprint density at radius 3 is 2.92 bits per heavy atom. The summed E-state index contributed by atoms with van der Waals surface area (Å²) in [7, 11) is 0. The Morgan fingerprint density at radius 2 is 2.29 bits per heavy atom. The number of carbonyl (C=O) groups is 1. The van der Waals surface area contributed by atoms with Crippen molar-refractivity contribution in [2.24, 2.45) is 10.9 Å². The molecule has 24 heavy (non-hydrogen) atoms. The highest BCUT2D eigenvalue weighted by Gasteiger charge is 2.32. The van der Waals surface area contributed by atoms with Crippen molar-refractivity contribution in [3.63, 3.8) is 0 Å². The molecule has 1 aliphatic heterocycles. The summed E-state index contributed by atoms with van der Waals surface area (Å²) in [6, 6.07) is 1.41. The highest BCUT2D eigenvalue weighted by atomic mass is 35.5. The third-order valence-electron chi connectivity index (χ3n) is 3.28. The summed E-state index contributed by atoms with van der Waals surface area (Å²) in [6.45, 7) is 6.11. The van der Waals surface area contributed by atoms with Crippen molar-refractivity contribution < 1.29 is 18.7 Å². The van der Waals surface area contributed by atoms with Gasteiger partial charge in [-0.05, 0) is 26.8 Å². The fourth-order valence-electron chi connectivity index (χ4n) is 2.25. The zero-order chi connectivity index (χ0) is 17.9. The number of nitrogens with two attached hydrogens (primary N) is 1. The summed E-state index contributed by atoms with van der Waals surface area (Å²) in [5.41, 5.74) is -0.362. The van der Waals surface area contributed by atoms with Gasteiger partial charge in [-0.25, -0.2) is 14.2 Å². The third kappa shape index (κ3) is 4.33. The van der Waals surface area contributed by atoms with Crippen LogP contribution in [0.1, 0.15) is 26.3 Å². The second-order valence-electron chi connectivity index (χ2n) is 6.26. The minimum absolute atomic E-state index is 0.0912. The van der Waals surface area contributed by atoms with E-state index in [-0.39, 0.29) is 29.6 Å². The number of amides is 1. The van der Waals surface area contributed by atoms with Gasteiger partial charge in [0.05, 0.1) is 13.2 Å². The monoisotopic (exact) mass is 358 g/mol. The van der Waals surface area contributed by atoms with Gasteiger partial charge in [0.25, 0.3) is 0 Å². The summed E-state index contributed by atoms with van der Waals surface area (Å²) in [5, 5.41) is 3.35. The van der Waals surface area contributed by atoms with E-state index in [1.165, 1.54) is 17.2 Å². The van der Waals surface area contributed by atoms with Gasteiger partial charge in [0, 0.05) is 18.3 Å². The Bertz CT molecular complexity index is 648. The summed E-state index contributed by atoms with van der Waals surface area (Å²) in [6.07, 6.45) is 0.185. The van der Waals surface area contributed by atoms with Crippen LogP contribution in [0.25, 0.3) is 0 Å². The van der Waals surface area contributed by atoms with E-state index in [0.717, 1.165) is 0 Å². The van der Waals surface area contributed by atoms with Crippen LogP contribution in [0.15, 0.2) is 17.4 Å².